The molecule has 1 amide bonds. The first kappa shape index (κ1) is 18.3. The summed E-state index contributed by atoms with van der Waals surface area (Å²) in [6.45, 7) is 8.48. The number of thiophene rings is 1. The van der Waals surface area contributed by atoms with Crippen LogP contribution in [0.4, 0.5) is 16.2 Å². The minimum atomic E-state index is -0.481. The summed E-state index contributed by atoms with van der Waals surface area (Å²) in [5.41, 5.74) is 2.71. The molecule has 0 fully saturated rings. The van der Waals surface area contributed by atoms with E-state index in [1.165, 1.54) is 10.4 Å². The second-order valence-electron chi connectivity index (χ2n) is 7.22. The lowest BCUT2D eigenvalue weighted by Gasteiger charge is -2.25. The first-order valence-corrected chi connectivity index (χ1v) is 10.0. The number of hydrogen-bond donors (Lipinski definition) is 1. The molecule has 1 aromatic carbocycles. The van der Waals surface area contributed by atoms with E-state index in [4.69, 9.17) is 4.74 Å². The summed E-state index contributed by atoms with van der Waals surface area (Å²) in [5.74, 6) is 0. The van der Waals surface area contributed by atoms with Crippen molar-refractivity contribution in [1.29, 1.82) is 0 Å². The maximum atomic E-state index is 12.4. The van der Waals surface area contributed by atoms with Crippen molar-refractivity contribution >= 4 is 44.7 Å². The molecule has 1 aliphatic heterocycles. The van der Waals surface area contributed by atoms with Gasteiger partial charge < -0.3 is 10.1 Å². The van der Waals surface area contributed by atoms with Gasteiger partial charge in [-0.2, -0.15) is 0 Å². The van der Waals surface area contributed by atoms with Crippen LogP contribution in [0.25, 0.3) is 0 Å². The van der Waals surface area contributed by atoms with Gasteiger partial charge in [-0.25, -0.2) is 4.79 Å². The Morgan fingerprint density at radius 2 is 2.12 bits per heavy atom. The zero-order valence-corrected chi connectivity index (χ0v) is 17.3. The van der Waals surface area contributed by atoms with Crippen molar-refractivity contribution in [3.63, 3.8) is 0 Å². The summed E-state index contributed by atoms with van der Waals surface area (Å²) in [4.78, 5) is 15.4. The highest BCUT2D eigenvalue weighted by atomic mass is 79.9. The van der Waals surface area contributed by atoms with E-state index in [1.807, 2.05) is 32.9 Å². The first-order chi connectivity index (χ1) is 11.7. The molecule has 0 spiro atoms. The van der Waals surface area contributed by atoms with Gasteiger partial charge in [-0.15, -0.1) is 11.3 Å². The van der Waals surface area contributed by atoms with Gasteiger partial charge in [0.15, 0.2) is 0 Å². The molecule has 4 nitrogen and oxygen atoms in total. The zero-order valence-electron chi connectivity index (χ0n) is 14.9. The number of carbonyl (C=O) groups is 1. The van der Waals surface area contributed by atoms with Gasteiger partial charge in [-0.05, 0) is 85.3 Å². The van der Waals surface area contributed by atoms with Gasteiger partial charge in [0.1, 0.15) is 5.60 Å². The van der Waals surface area contributed by atoms with Crippen molar-refractivity contribution in [1.82, 2.24) is 0 Å². The van der Waals surface area contributed by atoms with Gasteiger partial charge >= 0.3 is 6.09 Å². The molecule has 1 atom stereocenters. The number of hydrogen-bond acceptors (Lipinski definition) is 4. The second kappa shape index (κ2) is 7.00. The Morgan fingerprint density at radius 3 is 2.76 bits per heavy atom. The summed E-state index contributed by atoms with van der Waals surface area (Å²) in [6.07, 6.45) is 0.573. The quantitative estimate of drug-likeness (QED) is 0.660. The molecule has 0 radical (unpaired) electrons. The molecule has 0 aliphatic carbocycles. The average Bonchev–Trinajstić information content (AvgIpc) is 3.11. The number of anilines is 2. The molecular weight excluding hydrogens is 400 g/mol. The SMILES string of the molecule is CC(Nc1ccc2c(c1)CCN2C(=O)OC(C)(C)C)c1sccc1Br. The Bertz CT molecular complexity index is 782. The van der Waals surface area contributed by atoms with E-state index in [2.05, 4.69) is 45.7 Å². The van der Waals surface area contributed by atoms with Crippen molar-refractivity contribution in [3.05, 3.63) is 44.6 Å². The Labute approximate surface area is 161 Å². The Balaban J connectivity index is 1.73. The number of nitrogens with zero attached hydrogens (tertiary/aromatic N) is 1. The molecule has 1 N–H and O–H groups in total. The molecule has 1 aliphatic rings. The van der Waals surface area contributed by atoms with Crippen LogP contribution in [0, 0.1) is 0 Å². The normalized spacial score (nSPS) is 15.0. The predicted octanol–water partition coefficient (Wildman–Crippen LogP) is 5.98. The van der Waals surface area contributed by atoms with Crippen molar-refractivity contribution < 1.29 is 9.53 Å². The van der Waals surface area contributed by atoms with E-state index < -0.39 is 5.60 Å². The van der Waals surface area contributed by atoms with Crippen LogP contribution in [0.3, 0.4) is 0 Å². The molecule has 0 bridgehead atoms. The summed E-state index contributed by atoms with van der Waals surface area (Å²) in [7, 11) is 0. The lowest BCUT2D eigenvalue weighted by Crippen LogP contribution is -2.35. The van der Waals surface area contributed by atoms with E-state index in [9.17, 15) is 4.79 Å². The predicted molar refractivity (Wildman–Crippen MR) is 108 cm³/mol. The van der Waals surface area contributed by atoms with Crippen molar-refractivity contribution in [2.75, 3.05) is 16.8 Å². The molecular formula is C19H23BrN2O2S. The minimum Gasteiger partial charge on any atom is -0.443 e. The molecule has 1 aromatic heterocycles. The number of amides is 1. The monoisotopic (exact) mass is 422 g/mol. The lowest BCUT2D eigenvalue weighted by atomic mass is 10.1. The molecule has 134 valence electrons. The third-order valence-electron chi connectivity index (χ3n) is 4.01. The van der Waals surface area contributed by atoms with Crippen LogP contribution in [0.1, 0.15) is 44.2 Å². The molecule has 3 rings (SSSR count). The van der Waals surface area contributed by atoms with E-state index in [0.29, 0.717) is 6.54 Å². The standard InChI is InChI=1S/C19H23BrN2O2S/c1-12(17-15(20)8-10-25-17)21-14-5-6-16-13(11-14)7-9-22(16)18(23)24-19(2,3)4/h5-6,8,10-12,21H,7,9H2,1-4H3. The summed E-state index contributed by atoms with van der Waals surface area (Å²) < 4.78 is 6.64. The number of carbonyl (C=O) groups excluding carboxylic acids is 1. The molecule has 0 saturated heterocycles. The largest absolute Gasteiger partial charge is 0.443 e. The van der Waals surface area contributed by atoms with Gasteiger partial charge in [0.2, 0.25) is 0 Å². The molecule has 2 heterocycles. The Hall–Kier alpha value is -1.53. The fourth-order valence-corrected chi connectivity index (χ4v) is 4.65. The Kier molecular flexibility index (Phi) is 5.11. The van der Waals surface area contributed by atoms with Crippen LogP contribution in [0.2, 0.25) is 0 Å². The molecule has 25 heavy (non-hydrogen) atoms. The maximum absolute atomic E-state index is 12.4. The number of ether oxygens (including phenoxy) is 1. The van der Waals surface area contributed by atoms with Crippen LogP contribution in [-0.2, 0) is 11.2 Å². The summed E-state index contributed by atoms with van der Waals surface area (Å²) >= 11 is 5.32. The number of rotatable bonds is 3. The highest BCUT2D eigenvalue weighted by Gasteiger charge is 2.29. The topological polar surface area (TPSA) is 41.6 Å². The number of benzene rings is 1. The number of halogens is 1. The number of nitrogens with one attached hydrogen (secondary N) is 1. The first-order valence-electron chi connectivity index (χ1n) is 8.37. The van der Waals surface area contributed by atoms with Crippen molar-refractivity contribution in [2.45, 2.75) is 45.8 Å². The third-order valence-corrected chi connectivity index (χ3v) is 6.06. The second-order valence-corrected chi connectivity index (χ2v) is 9.03. The molecule has 1 unspecified atom stereocenters. The van der Waals surface area contributed by atoms with Gasteiger partial charge in [-0.1, -0.05) is 0 Å². The van der Waals surface area contributed by atoms with Gasteiger partial charge in [-0.3, -0.25) is 4.90 Å². The van der Waals surface area contributed by atoms with Crippen molar-refractivity contribution in [3.8, 4) is 0 Å². The van der Waals surface area contributed by atoms with E-state index in [0.717, 1.165) is 22.3 Å². The van der Waals surface area contributed by atoms with Crippen LogP contribution in [-0.4, -0.2) is 18.2 Å². The smallest absolute Gasteiger partial charge is 0.414 e. The van der Waals surface area contributed by atoms with Crippen LogP contribution < -0.4 is 10.2 Å². The third kappa shape index (κ3) is 4.18. The van der Waals surface area contributed by atoms with Gasteiger partial charge in [0.05, 0.1) is 11.7 Å². The molecule has 2 aromatic rings. The van der Waals surface area contributed by atoms with Gasteiger partial charge in [0, 0.05) is 21.6 Å². The Morgan fingerprint density at radius 1 is 1.36 bits per heavy atom. The molecule has 0 saturated carbocycles. The maximum Gasteiger partial charge on any atom is 0.414 e. The van der Waals surface area contributed by atoms with E-state index in [1.54, 1.807) is 16.2 Å². The van der Waals surface area contributed by atoms with Gasteiger partial charge in [0.25, 0.3) is 0 Å². The van der Waals surface area contributed by atoms with E-state index in [-0.39, 0.29) is 12.1 Å². The highest BCUT2D eigenvalue weighted by Crippen LogP contribution is 2.34. The minimum absolute atomic E-state index is 0.218. The lowest BCUT2D eigenvalue weighted by molar-refractivity contribution is 0.0584. The molecule has 6 heteroatoms. The zero-order chi connectivity index (χ0) is 18.2. The number of fused-ring (bicyclic) bond motifs is 1. The van der Waals surface area contributed by atoms with Crippen molar-refractivity contribution in [2.24, 2.45) is 0 Å². The average molecular weight is 423 g/mol. The van der Waals surface area contributed by atoms with Crippen LogP contribution in [0.5, 0.6) is 0 Å². The fourth-order valence-electron chi connectivity index (χ4n) is 2.93. The van der Waals surface area contributed by atoms with Crippen LogP contribution in [0.15, 0.2) is 34.1 Å². The highest BCUT2D eigenvalue weighted by molar-refractivity contribution is 9.10. The fraction of sp³-hybridized carbons (Fsp3) is 0.421. The van der Waals surface area contributed by atoms with Crippen LogP contribution >= 0.6 is 27.3 Å². The van der Waals surface area contributed by atoms with E-state index >= 15 is 0 Å². The summed E-state index contributed by atoms with van der Waals surface area (Å²) in [6, 6.07) is 8.46. The summed E-state index contributed by atoms with van der Waals surface area (Å²) in [5, 5.41) is 5.63.